The second-order valence-corrected chi connectivity index (χ2v) is 10.3. The average Bonchev–Trinajstić information content (AvgIpc) is 2.64. The van der Waals surface area contributed by atoms with Gasteiger partial charge in [-0.2, -0.15) is 4.74 Å². The van der Waals surface area contributed by atoms with Crippen LogP contribution in [-0.4, -0.2) is 27.5 Å². The van der Waals surface area contributed by atoms with Gasteiger partial charge in [0.25, 0.3) is 0 Å². The zero-order valence-corrected chi connectivity index (χ0v) is 19.8. The lowest BCUT2D eigenvalue weighted by molar-refractivity contribution is -0.354. The molecule has 2 rings (SSSR count). The van der Waals surface area contributed by atoms with Crippen molar-refractivity contribution in [1.82, 2.24) is 0 Å². The molecule has 0 unspecified atom stereocenters. The van der Waals surface area contributed by atoms with Gasteiger partial charge in [0, 0.05) is 28.8 Å². The van der Waals surface area contributed by atoms with Gasteiger partial charge in [-0.3, -0.25) is 4.99 Å². The Labute approximate surface area is 184 Å². The Balaban J connectivity index is 2.50. The zero-order valence-electron chi connectivity index (χ0n) is 19.0. The van der Waals surface area contributed by atoms with Crippen LogP contribution in [0.4, 0.5) is 5.69 Å². The molecule has 0 aliphatic carbocycles. The summed E-state index contributed by atoms with van der Waals surface area (Å²) in [7, 11) is 0. The largest absolute Gasteiger partial charge is 0.618 e. The van der Waals surface area contributed by atoms with E-state index in [1.54, 1.807) is 18.3 Å². The van der Waals surface area contributed by atoms with Crippen LogP contribution in [-0.2, 0) is 17.4 Å². The van der Waals surface area contributed by atoms with Crippen molar-refractivity contribution in [2.45, 2.75) is 58.9 Å². The van der Waals surface area contributed by atoms with Gasteiger partial charge in [0.05, 0.1) is 6.54 Å². The van der Waals surface area contributed by atoms with Crippen molar-refractivity contribution in [2.24, 2.45) is 10.7 Å². The number of rotatable bonds is 4. The molecule has 0 aromatic heterocycles. The molecule has 0 aliphatic rings. The number of phenolic OH excluding ortho intramolecular Hbond substituents is 1. The van der Waals surface area contributed by atoms with Gasteiger partial charge in [-0.1, -0.05) is 65.4 Å². The van der Waals surface area contributed by atoms with Gasteiger partial charge in [-0.25, -0.2) is 0 Å². The molecule has 0 bridgehead atoms. The van der Waals surface area contributed by atoms with Gasteiger partial charge in [-0.15, -0.1) is 0 Å². The molecular formula is C24H33N3O2S. The van der Waals surface area contributed by atoms with Crippen molar-refractivity contribution in [3.8, 4) is 5.75 Å². The lowest BCUT2D eigenvalue weighted by atomic mass is 9.79. The third-order valence-electron chi connectivity index (χ3n) is 4.81. The Bertz CT molecular complexity index is 932. The minimum absolute atomic E-state index is 0.262. The van der Waals surface area contributed by atoms with Gasteiger partial charge < -0.3 is 16.0 Å². The fourth-order valence-electron chi connectivity index (χ4n) is 3.11. The highest BCUT2D eigenvalue weighted by Gasteiger charge is 2.28. The molecule has 0 atom stereocenters. The molecular weight excluding hydrogens is 394 g/mol. The summed E-state index contributed by atoms with van der Waals surface area (Å²) in [6.45, 7) is 12.6. The first kappa shape index (κ1) is 23.8. The van der Waals surface area contributed by atoms with E-state index in [4.69, 9.17) is 5.73 Å². The van der Waals surface area contributed by atoms with E-state index in [1.807, 2.05) is 72.1 Å². The molecule has 0 aliphatic heterocycles. The van der Waals surface area contributed by atoms with E-state index < -0.39 is 0 Å². The van der Waals surface area contributed by atoms with Crippen LogP contribution in [0.3, 0.4) is 0 Å². The van der Waals surface area contributed by atoms with Crippen molar-refractivity contribution in [3.05, 3.63) is 63.9 Å². The van der Waals surface area contributed by atoms with Gasteiger partial charge >= 0.3 is 0 Å². The van der Waals surface area contributed by atoms with Crippen LogP contribution < -0.4 is 5.73 Å². The highest BCUT2D eigenvalue weighted by atomic mass is 32.2. The standard InChI is InChI=1S/C24H33N3O2S/c1-23(2,3)19-12-18(13-20(21(19)28)24(4,5)6)27(29)15-17-10-8-9-16(11-17)14-26-22(25)30-7/h8-13,15,28H,14H2,1-7H3,(H2,25,26)/b27-15-. The van der Waals surface area contributed by atoms with E-state index in [1.165, 1.54) is 11.8 Å². The second-order valence-electron chi connectivity index (χ2n) is 9.45. The Hall–Kier alpha value is -2.47. The Kier molecular flexibility index (Phi) is 7.24. The molecule has 0 spiro atoms. The maximum atomic E-state index is 13.0. The van der Waals surface area contributed by atoms with Crippen LogP contribution in [0, 0.1) is 5.21 Å². The third kappa shape index (κ3) is 6.02. The molecule has 0 radical (unpaired) electrons. The van der Waals surface area contributed by atoms with E-state index in [9.17, 15) is 10.3 Å². The first-order valence-electron chi connectivity index (χ1n) is 9.95. The van der Waals surface area contributed by atoms with E-state index in [-0.39, 0.29) is 16.6 Å². The van der Waals surface area contributed by atoms with Crippen LogP contribution in [0.25, 0.3) is 0 Å². The minimum Gasteiger partial charge on any atom is -0.618 e. The van der Waals surface area contributed by atoms with E-state index >= 15 is 0 Å². The van der Waals surface area contributed by atoms with E-state index in [2.05, 4.69) is 4.99 Å². The summed E-state index contributed by atoms with van der Waals surface area (Å²) >= 11 is 1.41. The molecule has 162 valence electrons. The zero-order chi connectivity index (χ0) is 22.7. The maximum absolute atomic E-state index is 13.0. The number of thioether (sulfide) groups is 1. The maximum Gasteiger partial charge on any atom is 0.217 e. The predicted molar refractivity (Wildman–Crippen MR) is 129 cm³/mol. The molecule has 2 aromatic carbocycles. The summed E-state index contributed by atoms with van der Waals surface area (Å²) in [5.41, 5.74) is 8.94. The number of aromatic hydroxyl groups is 1. The SMILES string of the molecule is CSC(N)=NCc1cccc(/C=[N+](\[O-])c2cc(C(C)(C)C)c(O)c(C(C)(C)C)c2)c1. The Morgan fingerprint density at radius 2 is 1.67 bits per heavy atom. The molecule has 0 amide bonds. The summed E-state index contributed by atoms with van der Waals surface area (Å²) in [5.74, 6) is 0.262. The number of hydrogen-bond donors (Lipinski definition) is 2. The number of phenols is 1. The summed E-state index contributed by atoms with van der Waals surface area (Å²) in [6, 6.07) is 11.2. The molecule has 3 N–H and O–H groups in total. The van der Waals surface area contributed by atoms with Crippen LogP contribution in [0.15, 0.2) is 41.4 Å². The van der Waals surface area contributed by atoms with Crippen LogP contribution in [0.2, 0.25) is 0 Å². The molecule has 0 saturated heterocycles. The van der Waals surface area contributed by atoms with Crippen molar-refractivity contribution < 1.29 is 9.85 Å². The minimum atomic E-state index is -0.296. The van der Waals surface area contributed by atoms with E-state index in [0.717, 1.165) is 27.0 Å². The molecule has 0 fully saturated rings. The second kappa shape index (κ2) is 9.13. The molecule has 6 heteroatoms. The van der Waals surface area contributed by atoms with Gasteiger partial charge in [0.2, 0.25) is 5.69 Å². The summed E-state index contributed by atoms with van der Waals surface area (Å²) in [5, 5.41) is 24.4. The number of benzene rings is 2. The first-order chi connectivity index (χ1) is 13.8. The summed E-state index contributed by atoms with van der Waals surface area (Å²) < 4.78 is 0.864. The normalized spacial score (nSPS) is 13.6. The van der Waals surface area contributed by atoms with Crippen molar-refractivity contribution in [3.63, 3.8) is 0 Å². The van der Waals surface area contributed by atoms with Crippen LogP contribution in [0.5, 0.6) is 5.75 Å². The Morgan fingerprint density at radius 1 is 1.10 bits per heavy atom. The predicted octanol–water partition coefficient (Wildman–Crippen LogP) is 5.43. The monoisotopic (exact) mass is 427 g/mol. The van der Waals surface area contributed by atoms with E-state index in [0.29, 0.717) is 17.4 Å². The smallest absolute Gasteiger partial charge is 0.217 e. The number of amidine groups is 1. The first-order valence-corrected chi connectivity index (χ1v) is 11.2. The van der Waals surface area contributed by atoms with Gasteiger partial charge in [0.1, 0.15) is 5.75 Å². The Morgan fingerprint density at radius 3 is 2.17 bits per heavy atom. The lowest BCUT2D eigenvalue weighted by Crippen LogP contribution is -2.18. The van der Waals surface area contributed by atoms with Crippen molar-refractivity contribution in [2.75, 3.05) is 6.26 Å². The van der Waals surface area contributed by atoms with Crippen molar-refractivity contribution >= 4 is 28.8 Å². The quantitative estimate of drug-likeness (QED) is 0.224. The molecule has 2 aromatic rings. The van der Waals surface area contributed by atoms with Crippen molar-refractivity contribution in [1.29, 1.82) is 0 Å². The molecule has 30 heavy (non-hydrogen) atoms. The highest BCUT2D eigenvalue weighted by Crippen LogP contribution is 2.41. The fourth-order valence-corrected chi connectivity index (χ4v) is 3.30. The average molecular weight is 428 g/mol. The third-order valence-corrected chi connectivity index (χ3v) is 5.36. The molecule has 5 nitrogen and oxygen atoms in total. The topological polar surface area (TPSA) is 84.7 Å². The summed E-state index contributed by atoms with van der Waals surface area (Å²) in [6.07, 6.45) is 3.43. The fraction of sp³-hybridized carbons (Fsp3) is 0.417. The van der Waals surface area contributed by atoms with Crippen LogP contribution in [0.1, 0.15) is 63.8 Å². The number of hydrogen-bond acceptors (Lipinski definition) is 4. The van der Waals surface area contributed by atoms with Gasteiger partial charge in [-0.05, 0) is 34.8 Å². The molecule has 0 saturated carbocycles. The number of nitrogens with zero attached hydrogens (tertiary/aromatic N) is 2. The summed E-state index contributed by atoms with van der Waals surface area (Å²) in [4.78, 5) is 4.30. The lowest BCUT2D eigenvalue weighted by Gasteiger charge is -2.27. The van der Waals surface area contributed by atoms with Crippen LogP contribution >= 0.6 is 11.8 Å². The van der Waals surface area contributed by atoms with Gasteiger partial charge in [0.15, 0.2) is 11.4 Å². The number of aliphatic imine (C=N–C) groups is 1. The molecule has 0 heterocycles. The highest BCUT2D eigenvalue weighted by molar-refractivity contribution is 8.13. The number of nitrogens with two attached hydrogens (primary N) is 1.